The van der Waals surface area contributed by atoms with Crippen molar-refractivity contribution in [1.82, 2.24) is 4.90 Å². The van der Waals surface area contributed by atoms with Crippen molar-refractivity contribution >= 4 is 23.0 Å². The number of halogens is 1. The molecule has 1 N–H and O–H groups in total. The largest absolute Gasteiger partial charge is 0.503 e. The molecule has 6 heteroatoms. The van der Waals surface area contributed by atoms with Crippen molar-refractivity contribution in [2.75, 3.05) is 0 Å². The Morgan fingerprint density at radius 3 is 2.56 bits per heavy atom. The summed E-state index contributed by atoms with van der Waals surface area (Å²) >= 11 is 1.50. The van der Waals surface area contributed by atoms with Gasteiger partial charge in [0.05, 0.1) is 18.2 Å². The summed E-state index contributed by atoms with van der Waals surface area (Å²) in [6, 6.07) is 8.84. The Balaban J connectivity index is 1.76. The Kier molecular flexibility index (Phi) is 3.92. The Morgan fingerprint density at radius 1 is 1.24 bits per heavy atom. The van der Waals surface area contributed by atoms with Gasteiger partial charge in [-0.2, -0.15) is 0 Å². The number of nitrogens with zero attached hydrogens (tertiary/aromatic N) is 1. The molecule has 0 saturated heterocycles. The second-order valence-electron chi connectivity index (χ2n) is 6.37. The van der Waals surface area contributed by atoms with Gasteiger partial charge in [0, 0.05) is 10.8 Å². The van der Waals surface area contributed by atoms with Crippen LogP contribution in [0.4, 0.5) is 4.39 Å². The first-order valence-electron chi connectivity index (χ1n) is 8.12. The standard InChI is InChI=1S/C19H16FNO3S/c20-13-7-5-11(6-8-13)16-15(17(22)12-3-4-12)18(23)19(24)21(16)10-14-2-1-9-25-14/h1-2,5-9,12,16,23H,3-4,10H2. The highest BCUT2D eigenvalue weighted by molar-refractivity contribution is 7.09. The highest BCUT2D eigenvalue weighted by atomic mass is 32.1. The molecule has 0 spiro atoms. The van der Waals surface area contributed by atoms with Crippen LogP contribution in [0.2, 0.25) is 0 Å². The Morgan fingerprint density at radius 2 is 1.96 bits per heavy atom. The van der Waals surface area contributed by atoms with E-state index in [2.05, 4.69) is 0 Å². The third kappa shape index (κ3) is 2.87. The van der Waals surface area contributed by atoms with Crippen LogP contribution in [0.1, 0.15) is 29.3 Å². The zero-order valence-corrected chi connectivity index (χ0v) is 14.1. The molecule has 1 fully saturated rings. The van der Waals surface area contributed by atoms with E-state index in [1.165, 1.54) is 28.4 Å². The minimum absolute atomic E-state index is 0.116. The van der Waals surface area contributed by atoms with Gasteiger partial charge in [-0.1, -0.05) is 18.2 Å². The average molecular weight is 357 g/mol. The van der Waals surface area contributed by atoms with E-state index >= 15 is 0 Å². The average Bonchev–Trinajstić information content (AvgIpc) is 3.28. The lowest BCUT2D eigenvalue weighted by atomic mass is 9.94. The molecule has 0 radical (unpaired) electrons. The minimum Gasteiger partial charge on any atom is -0.503 e. The van der Waals surface area contributed by atoms with Gasteiger partial charge < -0.3 is 10.0 Å². The van der Waals surface area contributed by atoms with Gasteiger partial charge in [-0.15, -0.1) is 11.3 Å². The fourth-order valence-electron chi connectivity index (χ4n) is 3.20. The summed E-state index contributed by atoms with van der Waals surface area (Å²) in [4.78, 5) is 27.8. The Hall–Kier alpha value is -2.47. The number of hydrogen-bond acceptors (Lipinski definition) is 4. The van der Waals surface area contributed by atoms with E-state index in [0.717, 1.165) is 17.7 Å². The molecule has 1 saturated carbocycles. The number of aliphatic hydroxyl groups excluding tert-OH is 1. The van der Waals surface area contributed by atoms with E-state index in [-0.39, 0.29) is 23.1 Å². The van der Waals surface area contributed by atoms with Crippen molar-refractivity contribution in [2.24, 2.45) is 5.92 Å². The first-order valence-corrected chi connectivity index (χ1v) is 9.00. The Labute approximate surface area is 148 Å². The number of benzene rings is 1. The monoisotopic (exact) mass is 357 g/mol. The molecule has 1 aromatic carbocycles. The van der Waals surface area contributed by atoms with E-state index in [1.807, 2.05) is 17.5 Å². The van der Waals surface area contributed by atoms with Crippen molar-refractivity contribution in [1.29, 1.82) is 0 Å². The SMILES string of the molecule is O=C(C1=C(O)C(=O)N(Cc2cccs2)C1c1ccc(F)cc1)C1CC1. The van der Waals surface area contributed by atoms with Gasteiger partial charge in [-0.05, 0) is 42.0 Å². The number of thiophene rings is 1. The second-order valence-corrected chi connectivity index (χ2v) is 7.40. The van der Waals surface area contributed by atoms with Gasteiger partial charge in [0.25, 0.3) is 5.91 Å². The summed E-state index contributed by atoms with van der Waals surface area (Å²) in [5, 5.41) is 12.3. The molecule has 1 aliphatic carbocycles. The lowest BCUT2D eigenvalue weighted by molar-refractivity contribution is -0.130. The lowest BCUT2D eigenvalue weighted by Crippen LogP contribution is -2.30. The normalized spacial score (nSPS) is 20.4. The van der Waals surface area contributed by atoms with E-state index < -0.39 is 17.7 Å². The van der Waals surface area contributed by atoms with E-state index in [4.69, 9.17) is 0 Å². The van der Waals surface area contributed by atoms with Crippen LogP contribution < -0.4 is 0 Å². The van der Waals surface area contributed by atoms with Gasteiger partial charge in [0.15, 0.2) is 11.5 Å². The first-order chi connectivity index (χ1) is 12.1. The molecule has 25 heavy (non-hydrogen) atoms. The van der Waals surface area contributed by atoms with Crippen molar-refractivity contribution in [3.63, 3.8) is 0 Å². The summed E-state index contributed by atoms with van der Waals surface area (Å²) < 4.78 is 13.3. The van der Waals surface area contributed by atoms with Crippen molar-refractivity contribution < 1.29 is 19.1 Å². The third-order valence-corrected chi connectivity index (χ3v) is 5.47. The predicted octanol–water partition coefficient (Wildman–Crippen LogP) is 3.76. The highest BCUT2D eigenvalue weighted by Gasteiger charge is 2.47. The zero-order chi connectivity index (χ0) is 17.6. The molecular formula is C19H16FNO3S. The minimum atomic E-state index is -0.678. The molecule has 1 aliphatic heterocycles. The quantitative estimate of drug-likeness (QED) is 0.886. The van der Waals surface area contributed by atoms with Crippen LogP contribution >= 0.6 is 11.3 Å². The van der Waals surface area contributed by atoms with Crippen LogP contribution in [0.15, 0.2) is 53.1 Å². The first kappa shape index (κ1) is 16.0. The number of aliphatic hydroxyl groups is 1. The topological polar surface area (TPSA) is 57.6 Å². The molecule has 128 valence electrons. The molecule has 4 nitrogen and oxygen atoms in total. The van der Waals surface area contributed by atoms with Gasteiger partial charge in [-0.25, -0.2) is 4.39 Å². The molecular weight excluding hydrogens is 341 g/mol. The number of amides is 1. The maximum atomic E-state index is 13.3. The molecule has 2 aromatic rings. The van der Waals surface area contributed by atoms with Crippen molar-refractivity contribution in [3.8, 4) is 0 Å². The van der Waals surface area contributed by atoms with Gasteiger partial charge in [0.1, 0.15) is 5.82 Å². The van der Waals surface area contributed by atoms with Crippen LogP contribution in [0.5, 0.6) is 0 Å². The van der Waals surface area contributed by atoms with Gasteiger partial charge >= 0.3 is 0 Å². The predicted molar refractivity (Wildman–Crippen MR) is 91.4 cm³/mol. The number of hydrogen-bond donors (Lipinski definition) is 1. The number of rotatable bonds is 5. The fourth-order valence-corrected chi connectivity index (χ4v) is 3.90. The summed E-state index contributed by atoms with van der Waals surface area (Å²) in [7, 11) is 0. The fraction of sp³-hybridized carbons (Fsp3) is 0.263. The van der Waals surface area contributed by atoms with E-state index in [1.54, 1.807) is 12.1 Å². The summed E-state index contributed by atoms with van der Waals surface area (Å²) in [5.41, 5.74) is 0.773. The van der Waals surface area contributed by atoms with E-state index in [9.17, 15) is 19.1 Å². The number of carbonyl (C=O) groups is 2. The van der Waals surface area contributed by atoms with Crippen molar-refractivity contribution in [3.05, 3.63) is 69.4 Å². The second kappa shape index (κ2) is 6.11. The molecule has 1 amide bonds. The van der Waals surface area contributed by atoms with Crippen LogP contribution in [0.25, 0.3) is 0 Å². The Bertz CT molecular complexity index is 853. The molecule has 2 heterocycles. The van der Waals surface area contributed by atoms with Crippen LogP contribution in [-0.2, 0) is 16.1 Å². The maximum absolute atomic E-state index is 13.3. The third-order valence-electron chi connectivity index (χ3n) is 4.61. The van der Waals surface area contributed by atoms with E-state index in [0.29, 0.717) is 12.1 Å². The molecule has 1 atom stereocenters. The number of carbonyl (C=O) groups excluding carboxylic acids is 2. The molecule has 4 rings (SSSR count). The summed E-state index contributed by atoms with van der Waals surface area (Å²) in [6.07, 6.45) is 1.57. The highest BCUT2D eigenvalue weighted by Crippen LogP contribution is 2.43. The molecule has 1 unspecified atom stereocenters. The van der Waals surface area contributed by atoms with Crippen molar-refractivity contribution in [2.45, 2.75) is 25.4 Å². The van der Waals surface area contributed by atoms with Crippen LogP contribution in [0, 0.1) is 11.7 Å². The zero-order valence-electron chi connectivity index (χ0n) is 13.3. The maximum Gasteiger partial charge on any atom is 0.290 e. The number of Topliss-reactive ketones (excluding diaryl/α,β-unsaturated/α-hetero) is 1. The summed E-state index contributed by atoms with van der Waals surface area (Å²) in [5.74, 6) is -1.70. The molecule has 0 bridgehead atoms. The molecule has 2 aliphatic rings. The van der Waals surface area contributed by atoms with Crippen LogP contribution in [-0.4, -0.2) is 21.7 Å². The smallest absolute Gasteiger partial charge is 0.290 e. The summed E-state index contributed by atoms with van der Waals surface area (Å²) in [6.45, 7) is 0.296. The van der Waals surface area contributed by atoms with Gasteiger partial charge in [0.2, 0.25) is 0 Å². The molecule has 1 aromatic heterocycles. The van der Waals surface area contributed by atoms with Gasteiger partial charge in [-0.3, -0.25) is 9.59 Å². The van der Waals surface area contributed by atoms with Crippen LogP contribution in [0.3, 0.4) is 0 Å². The number of ketones is 1. The lowest BCUT2D eigenvalue weighted by Gasteiger charge is -2.26.